The van der Waals surface area contributed by atoms with E-state index in [2.05, 4.69) is 11.9 Å². The highest BCUT2D eigenvalue weighted by Crippen LogP contribution is 2.20. The highest BCUT2D eigenvalue weighted by atomic mass is 32.1. The number of ketones is 1. The Morgan fingerprint density at radius 3 is 2.94 bits per heavy atom. The van der Waals surface area contributed by atoms with Gasteiger partial charge in [-0.25, -0.2) is 0 Å². The first-order valence-electron chi connectivity index (χ1n) is 5.72. The molecule has 0 atom stereocenters. The third-order valence-electron chi connectivity index (χ3n) is 2.83. The van der Waals surface area contributed by atoms with Crippen LogP contribution in [0.15, 0.2) is 29.8 Å². The van der Waals surface area contributed by atoms with Crippen molar-refractivity contribution in [2.45, 2.75) is 26.7 Å². The largest absolute Gasteiger partial charge is 0.293 e. The summed E-state index contributed by atoms with van der Waals surface area (Å²) in [6.07, 6.45) is 3.05. The Kier molecular flexibility index (Phi) is 3.69. The van der Waals surface area contributed by atoms with E-state index in [1.807, 2.05) is 30.5 Å². The van der Waals surface area contributed by atoms with Crippen LogP contribution < -0.4 is 0 Å². The molecule has 2 aromatic rings. The Morgan fingerprint density at radius 1 is 1.41 bits per heavy atom. The van der Waals surface area contributed by atoms with E-state index in [9.17, 15) is 4.79 Å². The second kappa shape index (κ2) is 5.23. The van der Waals surface area contributed by atoms with E-state index in [4.69, 9.17) is 0 Å². The first-order chi connectivity index (χ1) is 8.22. The highest BCUT2D eigenvalue weighted by molar-refractivity contribution is 7.12. The van der Waals surface area contributed by atoms with Gasteiger partial charge in [0, 0.05) is 6.20 Å². The van der Waals surface area contributed by atoms with Gasteiger partial charge in [-0.3, -0.25) is 9.78 Å². The molecule has 2 aromatic heterocycles. The van der Waals surface area contributed by atoms with Crippen molar-refractivity contribution in [1.82, 2.24) is 4.98 Å². The van der Waals surface area contributed by atoms with E-state index >= 15 is 0 Å². The quantitative estimate of drug-likeness (QED) is 0.772. The molecule has 0 N–H and O–H groups in total. The van der Waals surface area contributed by atoms with Gasteiger partial charge in [-0.1, -0.05) is 13.0 Å². The van der Waals surface area contributed by atoms with E-state index in [0.717, 1.165) is 28.1 Å². The fourth-order valence-corrected chi connectivity index (χ4v) is 2.73. The van der Waals surface area contributed by atoms with Gasteiger partial charge in [-0.05, 0) is 42.0 Å². The van der Waals surface area contributed by atoms with Crippen LogP contribution in [0.25, 0.3) is 0 Å². The average Bonchev–Trinajstić information content (AvgIpc) is 2.80. The number of aryl methyl sites for hydroxylation is 2. The van der Waals surface area contributed by atoms with Gasteiger partial charge < -0.3 is 0 Å². The number of pyridine rings is 1. The number of rotatable bonds is 4. The highest BCUT2D eigenvalue weighted by Gasteiger charge is 2.14. The maximum Gasteiger partial charge on any atom is 0.179 e. The van der Waals surface area contributed by atoms with Crippen LogP contribution in [0.1, 0.15) is 33.4 Å². The monoisotopic (exact) mass is 245 g/mol. The third kappa shape index (κ3) is 2.61. The molecule has 0 aromatic carbocycles. The molecule has 0 spiro atoms. The molecule has 0 bridgehead atoms. The molecule has 17 heavy (non-hydrogen) atoms. The molecule has 0 aliphatic rings. The standard InChI is InChI=1S/C14H15NOS/c1-3-11-6-8-17-14(11)13(16)9-12-10(2)5-4-7-15-12/h4-8H,3,9H2,1-2H3. The molecule has 0 radical (unpaired) electrons. The number of hydrogen-bond donors (Lipinski definition) is 0. The SMILES string of the molecule is CCc1ccsc1C(=O)Cc1ncccc1C. The van der Waals surface area contributed by atoms with Crippen molar-refractivity contribution in [3.05, 3.63) is 51.5 Å². The van der Waals surface area contributed by atoms with Crippen LogP contribution in [-0.2, 0) is 12.8 Å². The normalized spacial score (nSPS) is 10.5. The average molecular weight is 245 g/mol. The fourth-order valence-electron chi connectivity index (χ4n) is 1.79. The van der Waals surface area contributed by atoms with Crippen molar-refractivity contribution in [2.24, 2.45) is 0 Å². The Bertz CT molecular complexity index is 531. The lowest BCUT2D eigenvalue weighted by atomic mass is 10.1. The predicted molar refractivity (Wildman–Crippen MR) is 70.7 cm³/mol. The zero-order valence-electron chi connectivity index (χ0n) is 10.1. The Hall–Kier alpha value is -1.48. The first kappa shape index (κ1) is 12.0. The van der Waals surface area contributed by atoms with Crippen LogP contribution in [-0.4, -0.2) is 10.8 Å². The molecule has 3 heteroatoms. The van der Waals surface area contributed by atoms with Gasteiger partial charge in [0.25, 0.3) is 0 Å². The van der Waals surface area contributed by atoms with Gasteiger partial charge in [0.15, 0.2) is 5.78 Å². The van der Waals surface area contributed by atoms with Crippen LogP contribution >= 0.6 is 11.3 Å². The summed E-state index contributed by atoms with van der Waals surface area (Å²) >= 11 is 1.53. The maximum atomic E-state index is 12.2. The van der Waals surface area contributed by atoms with E-state index in [1.54, 1.807) is 6.20 Å². The first-order valence-corrected chi connectivity index (χ1v) is 6.60. The van der Waals surface area contributed by atoms with E-state index < -0.39 is 0 Å². The number of Topliss-reactive ketones (excluding diaryl/α,β-unsaturated/α-hetero) is 1. The van der Waals surface area contributed by atoms with Gasteiger partial charge in [0.05, 0.1) is 17.0 Å². The van der Waals surface area contributed by atoms with Crippen molar-refractivity contribution < 1.29 is 4.79 Å². The van der Waals surface area contributed by atoms with Gasteiger partial charge in [-0.15, -0.1) is 11.3 Å². The number of aromatic nitrogens is 1. The zero-order chi connectivity index (χ0) is 12.3. The lowest BCUT2D eigenvalue weighted by molar-refractivity contribution is 0.0995. The molecule has 0 saturated carbocycles. The zero-order valence-corrected chi connectivity index (χ0v) is 10.9. The number of hydrogen-bond acceptors (Lipinski definition) is 3. The molecule has 0 unspecified atom stereocenters. The third-order valence-corrected chi connectivity index (χ3v) is 3.82. The van der Waals surface area contributed by atoms with Crippen molar-refractivity contribution >= 4 is 17.1 Å². The lowest BCUT2D eigenvalue weighted by Crippen LogP contribution is -2.06. The molecule has 0 aliphatic carbocycles. The minimum atomic E-state index is 0.179. The summed E-state index contributed by atoms with van der Waals surface area (Å²) in [5.41, 5.74) is 3.11. The van der Waals surface area contributed by atoms with E-state index in [1.165, 1.54) is 11.3 Å². The van der Waals surface area contributed by atoms with Crippen molar-refractivity contribution in [3.63, 3.8) is 0 Å². The molecular formula is C14H15NOS. The topological polar surface area (TPSA) is 30.0 Å². The van der Waals surface area contributed by atoms with Crippen molar-refractivity contribution in [1.29, 1.82) is 0 Å². The summed E-state index contributed by atoms with van der Waals surface area (Å²) in [4.78, 5) is 17.3. The molecule has 0 aliphatic heterocycles. The van der Waals surface area contributed by atoms with Crippen LogP contribution in [0.4, 0.5) is 0 Å². The van der Waals surface area contributed by atoms with E-state index in [0.29, 0.717) is 6.42 Å². The van der Waals surface area contributed by atoms with Gasteiger partial charge in [0.1, 0.15) is 0 Å². The summed E-state index contributed by atoms with van der Waals surface area (Å²) in [5.74, 6) is 0.179. The number of carbonyl (C=O) groups is 1. The van der Waals surface area contributed by atoms with Crippen LogP contribution in [0.3, 0.4) is 0 Å². The summed E-state index contributed by atoms with van der Waals surface area (Å²) < 4.78 is 0. The van der Waals surface area contributed by atoms with Crippen molar-refractivity contribution in [3.8, 4) is 0 Å². The molecule has 88 valence electrons. The maximum absolute atomic E-state index is 12.2. The Balaban J connectivity index is 2.20. The van der Waals surface area contributed by atoms with Crippen LogP contribution in [0.5, 0.6) is 0 Å². The van der Waals surface area contributed by atoms with Crippen LogP contribution in [0.2, 0.25) is 0 Å². The summed E-state index contributed by atoms with van der Waals surface area (Å²) in [5, 5.41) is 1.98. The molecular weight excluding hydrogens is 230 g/mol. The lowest BCUT2D eigenvalue weighted by Gasteiger charge is -2.03. The molecule has 2 nitrogen and oxygen atoms in total. The minimum Gasteiger partial charge on any atom is -0.293 e. The summed E-state index contributed by atoms with van der Waals surface area (Å²) in [6.45, 7) is 4.07. The molecule has 0 amide bonds. The molecule has 2 rings (SSSR count). The van der Waals surface area contributed by atoms with Gasteiger partial charge in [0.2, 0.25) is 0 Å². The van der Waals surface area contributed by atoms with Gasteiger partial charge >= 0.3 is 0 Å². The minimum absolute atomic E-state index is 0.179. The predicted octanol–water partition coefficient (Wildman–Crippen LogP) is 3.44. The second-order valence-electron chi connectivity index (χ2n) is 4.00. The van der Waals surface area contributed by atoms with Crippen LogP contribution in [0, 0.1) is 6.92 Å². The Morgan fingerprint density at radius 2 is 2.24 bits per heavy atom. The Labute approximate surface area is 105 Å². The smallest absolute Gasteiger partial charge is 0.179 e. The van der Waals surface area contributed by atoms with Crippen molar-refractivity contribution in [2.75, 3.05) is 0 Å². The second-order valence-corrected chi connectivity index (χ2v) is 4.91. The number of nitrogens with zero attached hydrogens (tertiary/aromatic N) is 1. The molecule has 0 saturated heterocycles. The van der Waals surface area contributed by atoms with E-state index in [-0.39, 0.29) is 5.78 Å². The summed E-state index contributed by atoms with van der Waals surface area (Å²) in [7, 11) is 0. The fraction of sp³-hybridized carbons (Fsp3) is 0.286. The van der Waals surface area contributed by atoms with Gasteiger partial charge in [-0.2, -0.15) is 0 Å². The molecule has 0 fully saturated rings. The number of carbonyl (C=O) groups excluding carboxylic acids is 1. The molecule has 2 heterocycles. The number of thiophene rings is 1. The summed E-state index contributed by atoms with van der Waals surface area (Å²) in [6, 6.07) is 5.92.